The summed E-state index contributed by atoms with van der Waals surface area (Å²) in [5.74, 6) is -0.0586. The predicted molar refractivity (Wildman–Crippen MR) is 98.7 cm³/mol. The first-order valence-corrected chi connectivity index (χ1v) is 11.1. The Hall–Kier alpha value is -1.29. The largest absolute Gasteiger partial charge is 0.435 e. The quantitative estimate of drug-likeness (QED) is 0.798. The number of aliphatic hydroxyl groups is 1. The zero-order chi connectivity index (χ0) is 20.1. The van der Waals surface area contributed by atoms with Crippen LogP contribution >= 0.6 is 0 Å². The molecule has 9 heteroatoms. The Morgan fingerprint density at radius 1 is 1.14 bits per heavy atom. The van der Waals surface area contributed by atoms with Crippen LogP contribution in [0.5, 0.6) is 5.75 Å². The van der Waals surface area contributed by atoms with Gasteiger partial charge < -0.3 is 9.84 Å². The number of β-amino-alcohol motifs (C(OH)–C–C–N with tert-alkyl or cyclic N) is 1. The monoisotopic (exact) mass is 416 g/mol. The van der Waals surface area contributed by atoms with Crippen molar-refractivity contribution in [3.8, 4) is 5.75 Å². The van der Waals surface area contributed by atoms with Gasteiger partial charge in [-0.1, -0.05) is 0 Å². The van der Waals surface area contributed by atoms with E-state index in [0.29, 0.717) is 12.6 Å². The molecule has 3 aliphatic rings. The van der Waals surface area contributed by atoms with Gasteiger partial charge in [-0.25, -0.2) is 8.42 Å². The fourth-order valence-corrected chi connectivity index (χ4v) is 6.89. The number of piperidine rings is 1. The first-order valence-electron chi connectivity index (χ1n) is 9.70. The molecule has 3 heterocycles. The standard InChI is InChI=1S/C19H26F2N2O4S/c1-19(24)8-9-22(12-19)15-10-13-2-3-14(11-15)23(13)28(25,26)17-6-4-16(5-7-17)27-18(20)21/h4-7,13-15,18,24H,2-3,8-12H2,1H3. The van der Waals surface area contributed by atoms with E-state index in [4.69, 9.17) is 0 Å². The van der Waals surface area contributed by atoms with Gasteiger partial charge in [0.1, 0.15) is 5.75 Å². The minimum atomic E-state index is -3.69. The lowest BCUT2D eigenvalue weighted by atomic mass is 9.98. The lowest BCUT2D eigenvalue weighted by Crippen LogP contribution is -2.52. The van der Waals surface area contributed by atoms with E-state index in [1.165, 1.54) is 24.3 Å². The molecule has 1 aromatic carbocycles. The first kappa shape index (κ1) is 20.0. The third-order valence-corrected chi connectivity index (χ3v) is 8.28. The number of hydrogen-bond donors (Lipinski definition) is 1. The summed E-state index contributed by atoms with van der Waals surface area (Å²) in [6.07, 6.45) is 3.93. The zero-order valence-corrected chi connectivity index (χ0v) is 16.6. The van der Waals surface area contributed by atoms with Gasteiger partial charge in [0, 0.05) is 31.2 Å². The lowest BCUT2D eigenvalue weighted by molar-refractivity contribution is -0.0498. The first-order chi connectivity index (χ1) is 13.2. The molecule has 0 spiro atoms. The number of hydrogen-bond acceptors (Lipinski definition) is 5. The average molecular weight is 416 g/mol. The van der Waals surface area contributed by atoms with Crippen molar-refractivity contribution in [2.45, 2.75) is 74.3 Å². The maximum absolute atomic E-state index is 13.2. The summed E-state index contributed by atoms with van der Waals surface area (Å²) in [4.78, 5) is 2.40. The fraction of sp³-hybridized carbons (Fsp3) is 0.684. The number of rotatable bonds is 5. The Morgan fingerprint density at radius 3 is 2.25 bits per heavy atom. The Labute approximate surface area is 164 Å². The van der Waals surface area contributed by atoms with E-state index in [0.717, 1.165) is 38.6 Å². The summed E-state index contributed by atoms with van der Waals surface area (Å²) in [6.45, 7) is 0.386. The van der Waals surface area contributed by atoms with Crippen molar-refractivity contribution in [3.05, 3.63) is 24.3 Å². The second kappa shape index (κ2) is 7.19. The molecule has 28 heavy (non-hydrogen) atoms. The number of nitrogens with zero attached hydrogens (tertiary/aromatic N) is 2. The molecule has 3 atom stereocenters. The van der Waals surface area contributed by atoms with Crippen LogP contribution in [0.1, 0.15) is 39.0 Å². The summed E-state index contributed by atoms with van der Waals surface area (Å²) in [7, 11) is -3.69. The highest BCUT2D eigenvalue weighted by Crippen LogP contribution is 2.42. The molecule has 3 unspecified atom stereocenters. The summed E-state index contributed by atoms with van der Waals surface area (Å²) in [5, 5.41) is 10.2. The van der Waals surface area contributed by atoms with E-state index in [1.807, 2.05) is 6.92 Å². The minimum Gasteiger partial charge on any atom is -0.435 e. The van der Waals surface area contributed by atoms with Crippen LogP contribution in [0.15, 0.2) is 29.2 Å². The van der Waals surface area contributed by atoms with Crippen molar-refractivity contribution >= 4 is 10.0 Å². The van der Waals surface area contributed by atoms with Gasteiger partial charge in [-0.3, -0.25) is 4.90 Å². The van der Waals surface area contributed by atoms with E-state index in [2.05, 4.69) is 9.64 Å². The smallest absolute Gasteiger partial charge is 0.387 e. The molecule has 0 radical (unpaired) electrons. The Balaban J connectivity index is 1.49. The summed E-state index contributed by atoms with van der Waals surface area (Å²) in [6, 6.07) is 5.36. The molecule has 1 aromatic rings. The Bertz CT molecular complexity index is 802. The molecule has 3 fully saturated rings. The molecule has 3 saturated heterocycles. The van der Waals surface area contributed by atoms with Gasteiger partial charge >= 0.3 is 6.61 Å². The zero-order valence-electron chi connectivity index (χ0n) is 15.8. The Kier molecular flexibility index (Phi) is 5.14. The van der Waals surface area contributed by atoms with Crippen LogP contribution in [0.3, 0.4) is 0 Å². The van der Waals surface area contributed by atoms with Crippen LogP contribution in [0.4, 0.5) is 8.78 Å². The second-order valence-electron chi connectivity index (χ2n) is 8.41. The van der Waals surface area contributed by atoms with E-state index < -0.39 is 22.2 Å². The predicted octanol–water partition coefficient (Wildman–Crippen LogP) is 2.43. The van der Waals surface area contributed by atoms with Crippen LogP contribution < -0.4 is 4.74 Å². The van der Waals surface area contributed by atoms with Gasteiger partial charge in [0.2, 0.25) is 10.0 Å². The second-order valence-corrected chi connectivity index (χ2v) is 10.3. The lowest BCUT2D eigenvalue weighted by Gasteiger charge is -2.41. The van der Waals surface area contributed by atoms with Crippen molar-refractivity contribution in [2.75, 3.05) is 13.1 Å². The van der Waals surface area contributed by atoms with Crippen LogP contribution in [0, 0.1) is 0 Å². The summed E-state index contributed by atoms with van der Waals surface area (Å²) < 4.78 is 56.9. The third kappa shape index (κ3) is 3.77. The van der Waals surface area contributed by atoms with Gasteiger partial charge in [0.05, 0.1) is 10.5 Å². The highest BCUT2D eigenvalue weighted by atomic mass is 32.2. The van der Waals surface area contributed by atoms with Crippen molar-refractivity contribution in [1.29, 1.82) is 0 Å². The minimum absolute atomic E-state index is 0.0586. The SMILES string of the molecule is CC1(O)CCN(C2CC3CCC(C2)N3S(=O)(=O)c2ccc(OC(F)F)cc2)C1. The maximum atomic E-state index is 13.2. The molecule has 3 aliphatic heterocycles. The van der Waals surface area contributed by atoms with E-state index >= 15 is 0 Å². The van der Waals surface area contributed by atoms with Crippen LogP contribution in [-0.2, 0) is 10.0 Å². The number of benzene rings is 1. The molecule has 2 bridgehead atoms. The molecule has 1 N–H and O–H groups in total. The molecule has 156 valence electrons. The molecule has 0 saturated carbocycles. The van der Waals surface area contributed by atoms with E-state index in [9.17, 15) is 22.3 Å². The number of halogens is 2. The third-order valence-electron chi connectivity index (χ3n) is 6.26. The molecular formula is C19H26F2N2O4S. The molecule has 4 rings (SSSR count). The topological polar surface area (TPSA) is 70.1 Å². The molecule has 6 nitrogen and oxygen atoms in total. The molecule has 0 aromatic heterocycles. The van der Waals surface area contributed by atoms with E-state index in [-0.39, 0.29) is 22.7 Å². The number of ether oxygens (including phenoxy) is 1. The van der Waals surface area contributed by atoms with Gasteiger partial charge in [-0.15, -0.1) is 0 Å². The van der Waals surface area contributed by atoms with Gasteiger partial charge in [-0.2, -0.15) is 13.1 Å². The summed E-state index contributed by atoms with van der Waals surface area (Å²) in [5.41, 5.74) is -0.662. The number of fused-ring (bicyclic) bond motifs is 2. The highest BCUT2D eigenvalue weighted by molar-refractivity contribution is 7.89. The van der Waals surface area contributed by atoms with Gasteiger partial charge in [-0.05, 0) is 63.3 Å². The van der Waals surface area contributed by atoms with Crippen molar-refractivity contribution in [2.24, 2.45) is 0 Å². The van der Waals surface area contributed by atoms with Crippen LogP contribution in [-0.4, -0.2) is 66.2 Å². The Morgan fingerprint density at radius 2 is 1.75 bits per heavy atom. The maximum Gasteiger partial charge on any atom is 0.387 e. The van der Waals surface area contributed by atoms with Crippen LogP contribution in [0.2, 0.25) is 0 Å². The number of sulfonamides is 1. The summed E-state index contributed by atoms with van der Waals surface area (Å²) >= 11 is 0. The normalized spacial score (nSPS) is 34.2. The number of alkyl halides is 2. The van der Waals surface area contributed by atoms with Crippen molar-refractivity contribution < 1.29 is 27.0 Å². The van der Waals surface area contributed by atoms with Crippen LogP contribution in [0.25, 0.3) is 0 Å². The average Bonchev–Trinajstić information content (AvgIpc) is 3.12. The van der Waals surface area contributed by atoms with Gasteiger partial charge in [0.15, 0.2) is 0 Å². The van der Waals surface area contributed by atoms with Crippen molar-refractivity contribution in [3.63, 3.8) is 0 Å². The molecule has 0 amide bonds. The highest BCUT2D eigenvalue weighted by Gasteiger charge is 2.49. The van der Waals surface area contributed by atoms with Crippen molar-refractivity contribution in [1.82, 2.24) is 9.21 Å². The number of likely N-dealkylation sites (tertiary alicyclic amines) is 1. The molecular weight excluding hydrogens is 390 g/mol. The van der Waals surface area contributed by atoms with E-state index in [1.54, 1.807) is 4.31 Å². The fourth-order valence-electron chi connectivity index (χ4n) is 5.00. The molecule has 0 aliphatic carbocycles. The van der Waals surface area contributed by atoms with Gasteiger partial charge in [0.25, 0.3) is 0 Å².